The highest BCUT2D eigenvalue weighted by Gasteiger charge is 2.11. The van der Waals surface area contributed by atoms with Gasteiger partial charge in [-0.05, 0) is 55.0 Å². The minimum atomic E-state index is -0.274. The molecule has 2 N–H and O–H groups in total. The molecule has 0 aliphatic rings. The number of hydrogen-bond acceptors (Lipinski definition) is 5. The predicted octanol–water partition coefficient (Wildman–Crippen LogP) is 4.27. The summed E-state index contributed by atoms with van der Waals surface area (Å²) in [4.78, 5) is 16.7. The van der Waals surface area contributed by atoms with E-state index in [1.807, 2.05) is 31.2 Å². The molecule has 134 valence electrons. The number of nitrogens with zero attached hydrogens (tertiary/aromatic N) is 2. The number of amides is 1. The summed E-state index contributed by atoms with van der Waals surface area (Å²) in [6.45, 7) is 1.94. The Labute approximate surface area is 157 Å². The van der Waals surface area contributed by atoms with Crippen molar-refractivity contribution in [1.29, 1.82) is 5.26 Å². The predicted molar refractivity (Wildman–Crippen MR) is 104 cm³/mol. The van der Waals surface area contributed by atoms with Crippen LogP contribution in [0.15, 0.2) is 60.8 Å². The molecular weight excluding hydrogens is 340 g/mol. The second-order valence-corrected chi connectivity index (χ2v) is 5.91. The van der Waals surface area contributed by atoms with Crippen molar-refractivity contribution in [3.63, 3.8) is 0 Å². The zero-order valence-corrected chi connectivity index (χ0v) is 15.0. The number of hydrogen-bond donors (Lipinski definition) is 2. The van der Waals surface area contributed by atoms with Crippen LogP contribution in [-0.4, -0.2) is 18.0 Å². The third kappa shape index (κ3) is 4.41. The average molecular weight is 358 g/mol. The van der Waals surface area contributed by atoms with Gasteiger partial charge >= 0.3 is 0 Å². The van der Waals surface area contributed by atoms with Gasteiger partial charge in [0.25, 0.3) is 5.91 Å². The van der Waals surface area contributed by atoms with Crippen LogP contribution in [0.3, 0.4) is 0 Å². The van der Waals surface area contributed by atoms with Gasteiger partial charge in [-0.3, -0.25) is 4.79 Å². The van der Waals surface area contributed by atoms with Crippen molar-refractivity contribution in [1.82, 2.24) is 4.98 Å². The molecule has 1 aromatic heterocycles. The smallest absolute Gasteiger partial charge is 0.257 e. The van der Waals surface area contributed by atoms with E-state index in [1.54, 1.807) is 37.4 Å². The van der Waals surface area contributed by atoms with Gasteiger partial charge in [0.1, 0.15) is 11.6 Å². The third-order valence-electron chi connectivity index (χ3n) is 3.89. The molecule has 27 heavy (non-hydrogen) atoms. The van der Waals surface area contributed by atoms with Gasteiger partial charge in [0, 0.05) is 11.9 Å². The van der Waals surface area contributed by atoms with Gasteiger partial charge in [0.2, 0.25) is 0 Å². The molecule has 0 saturated carbocycles. The van der Waals surface area contributed by atoms with Crippen molar-refractivity contribution in [2.75, 3.05) is 17.7 Å². The lowest BCUT2D eigenvalue weighted by Gasteiger charge is -2.11. The summed E-state index contributed by atoms with van der Waals surface area (Å²) in [5, 5.41) is 14.9. The number of rotatable bonds is 5. The number of benzene rings is 2. The third-order valence-corrected chi connectivity index (χ3v) is 3.89. The second-order valence-electron chi connectivity index (χ2n) is 5.91. The van der Waals surface area contributed by atoms with Crippen LogP contribution in [0.5, 0.6) is 5.75 Å². The highest BCUT2D eigenvalue weighted by molar-refractivity contribution is 6.05. The largest absolute Gasteiger partial charge is 0.495 e. The zero-order valence-electron chi connectivity index (χ0n) is 15.0. The number of aryl methyl sites for hydroxylation is 1. The number of pyridine rings is 1. The lowest BCUT2D eigenvalue weighted by molar-refractivity contribution is 0.102. The molecule has 1 heterocycles. The number of anilines is 3. The summed E-state index contributed by atoms with van der Waals surface area (Å²) >= 11 is 0. The van der Waals surface area contributed by atoms with E-state index in [9.17, 15) is 4.79 Å². The number of carbonyl (C=O) groups excluding carboxylic acids is 1. The Bertz CT molecular complexity index is 1010. The summed E-state index contributed by atoms with van der Waals surface area (Å²) in [7, 11) is 1.56. The van der Waals surface area contributed by atoms with Gasteiger partial charge in [-0.2, -0.15) is 5.26 Å². The number of ether oxygens (including phenoxy) is 1. The topological polar surface area (TPSA) is 87.0 Å². The fraction of sp³-hybridized carbons (Fsp3) is 0.0952. The Morgan fingerprint density at radius 3 is 2.70 bits per heavy atom. The van der Waals surface area contributed by atoms with E-state index < -0.39 is 0 Å². The van der Waals surface area contributed by atoms with E-state index in [-0.39, 0.29) is 5.91 Å². The number of nitriles is 1. The molecule has 0 unspecified atom stereocenters. The van der Waals surface area contributed by atoms with Crippen molar-refractivity contribution in [3.05, 3.63) is 77.5 Å². The van der Waals surface area contributed by atoms with Crippen LogP contribution in [-0.2, 0) is 0 Å². The SMILES string of the molecule is COc1ccc(C)cc1NC(=O)c1ccc(Nc2cccc(C#N)c2)nc1. The summed E-state index contributed by atoms with van der Waals surface area (Å²) in [6, 6.07) is 18.1. The maximum Gasteiger partial charge on any atom is 0.257 e. The van der Waals surface area contributed by atoms with Crippen molar-refractivity contribution in [3.8, 4) is 11.8 Å². The Balaban J connectivity index is 1.72. The molecule has 0 radical (unpaired) electrons. The first kappa shape index (κ1) is 18.0. The fourth-order valence-corrected chi connectivity index (χ4v) is 2.53. The highest BCUT2D eigenvalue weighted by atomic mass is 16.5. The molecule has 0 aliphatic carbocycles. The van der Waals surface area contributed by atoms with Gasteiger partial charge in [-0.1, -0.05) is 12.1 Å². The second kappa shape index (κ2) is 8.02. The minimum absolute atomic E-state index is 0.274. The summed E-state index contributed by atoms with van der Waals surface area (Å²) in [5.41, 5.74) is 3.36. The summed E-state index contributed by atoms with van der Waals surface area (Å²) in [5.74, 6) is 0.900. The van der Waals surface area contributed by atoms with E-state index in [4.69, 9.17) is 10.00 Å². The van der Waals surface area contributed by atoms with Crippen LogP contribution in [0.4, 0.5) is 17.2 Å². The molecule has 3 aromatic rings. The molecule has 3 rings (SSSR count). The average Bonchev–Trinajstić information content (AvgIpc) is 2.69. The van der Waals surface area contributed by atoms with Crippen LogP contribution < -0.4 is 15.4 Å². The van der Waals surface area contributed by atoms with Crippen molar-refractivity contribution >= 4 is 23.1 Å². The lowest BCUT2D eigenvalue weighted by atomic mass is 10.2. The van der Waals surface area contributed by atoms with E-state index in [1.165, 1.54) is 6.20 Å². The van der Waals surface area contributed by atoms with Crippen molar-refractivity contribution in [2.24, 2.45) is 0 Å². The van der Waals surface area contributed by atoms with Gasteiger partial charge in [0.05, 0.1) is 30.0 Å². The Morgan fingerprint density at radius 1 is 1.15 bits per heavy atom. The Kier molecular flexibility index (Phi) is 5.33. The first-order valence-corrected chi connectivity index (χ1v) is 8.28. The van der Waals surface area contributed by atoms with E-state index in [2.05, 4.69) is 21.7 Å². The number of nitrogens with one attached hydrogen (secondary N) is 2. The van der Waals surface area contributed by atoms with Gasteiger partial charge in [-0.15, -0.1) is 0 Å². The molecule has 6 nitrogen and oxygen atoms in total. The fourth-order valence-electron chi connectivity index (χ4n) is 2.53. The number of aromatic nitrogens is 1. The number of methoxy groups -OCH3 is 1. The maximum atomic E-state index is 12.5. The molecule has 0 aliphatic heterocycles. The molecular formula is C21H18N4O2. The molecule has 0 saturated heterocycles. The first-order chi connectivity index (χ1) is 13.1. The Hall–Kier alpha value is -3.85. The van der Waals surface area contributed by atoms with Crippen LogP contribution in [0.2, 0.25) is 0 Å². The molecule has 0 atom stereocenters. The molecule has 2 aromatic carbocycles. The zero-order chi connectivity index (χ0) is 19.2. The molecule has 6 heteroatoms. The minimum Gasteiger partial charge on any atom is -0.495 e. The lowest BCUT2D eigenvalue weighted by Crippen LogP contribution is -2.13. The van der Waals surface area contributed by atoms with Crippen LogP contribution in [0.25, 0.3) is 0 Å². The maximum absolute atomic E-state index is 12.5. The van der Waals surface area contributed by atoms with Crippen LogP contribution >= 0.6 is 0 Å². The van der Waals surface area contributed by atoms with Gasteiger partial charge < -0.3 is 15.4 Å². The van der Waals surface area contributed by atoms with Crippen LogP contribution in [0, 0.1) is 18.3 Å². The highest BCUT2D eigenvalue weighted by Crippen LogP contribution is 2.26. The van der Waals surface area contributed by atoms with Gasteiger partial charge in [0.15, 0.2) is 0 Å². The molecule has 1 amide bonds. The standard InChI is InChI=1S/C21H18N4O2/c1-14-6-8-19(27-2)18(10-14)25-21(26)16-7-9-20(23-13-16)24-17-5-3-4-15(11-17)12-22/h3-11,13H,1-2H3,(H,23,24)(H,25,26). The molecule has 0 fully saturated rings. The Morgan fingerprint density at radius 2 is 2.00 bits per heavy atom. The molecule has 0 spiro atoms. The van der Waals surface area contributed by atoms with E-state index >= 15 is 0 Å². The monoisotopic (exact) mass is 358 g/mol. The van der Waals surface area contributed by atoms with Crippen molar-refractivity contribution in [2.45, 2.75) is 6.92 Å². The summed E-state index contributed by atoms with van der Waals surface area (Å²) < 4.78 is 5.28. The number of carbonyl (C=O) groups is 1. The van der Waals surface area contributed by atoms with E-state index in [0.717, 1.165) is 11.3 Å². The van der Waals surface area contributed by atoms with Crippen molar-refractivity contribution < 1.29 is 9.53 Å². The summed E-state index contributed by atoms with van der Waals surface area (Å²) in [6.07, 6.45) is 1.49. The molecule has 0 bridgehead atoms. The van der Waals surface area contributed by atoms with Crippen LogP contribution in [0.1, 0.15) is 21.5 Å². The normalized spacial score (nSPS) is 9.96. The quantitative estimate of drug-likeness (QED) is 0.711. The first-order valence-electron chi connectivity index (χ1n) is 8.28. The van der Waals surface area contributed by atoms with Gasteiger partial charge in [-0.25, -0.2) is 4.98 Å². The van der Waals surface area contributed by atoms with E-state index in [0.29, 0.717) is 28.4 Å².